The molecule has 1 aromatic heterocycles. The third kappa shape index (κ3) is 3.80. The van der Waals surface area contributed by atoms with Crippen LogP contribution in [0.25, 0.3) is 0 Å². The maximum Gasteiger partial charge on any atom is 0.326 e. The zero-order chi connectivity index (χ0) is 15.1. The van der Waals surface area contributed by atoms with Crippen LogP contribution in [0.15, 0.2) is 17.6 Å². The number of rotatable bonds is 8. The highest BCUT2D eigenvalue weighted by Gasteiger charge is 2.49. The smallest absolute Gasteiger partial charge is 0.326 e. The van der Waals surface area contributed by atoms with E-state index < -0.39 is 5.54 Å². The Morgan fingerprint density at radius 2 is 2.48 bits per heavy atom. The Morgan fingerprint density at radius 3 is 3.14 bits per heavy atom. The molecule has 1 aromatic rings. The van der Waals surface area contributed by atoms with Gasteiger partial charge in [-0.15, -0.1) is 0 Å². The number of nitrogens with one attached hydrogen (secondary N) is 2. The second kappa shape index (κ2) is 7.84. The zero-order valence-corrected chi connectivity index (χ0v) is 13.7. The van der Waals surface area contributed by atoms with Gasteiger partial charge in [-0.3, -0.25) is 4.79 Å². The number of aromatic nitrogens is 2. The number of imidazole rings is 1. The average Bonchev–Trinajstić information content (AvgIpc) is 3.11. The molecule has 1 heterocycles. The number of hydrogen-bond donors (Lipinski definition) is 2. The maximum atomic E-state index is 12.4. The first kappa shape index (κ1) is 16.4. The Balaban J connectivity index is 1.96. The van der Waals surface area contributed by atoms with Crippen LogP contribution in [0.5, 0.6) is 0 Å². The first-order valence-electron chi connectivity index (χ1n) is 7.77. The number of nitrogens with zero attached hydrogens (tertiary/aromatic N) is 1. The van der Waals surface area contributed by atoms with Gasteiger partial charge in [0.1, 0.15) is 5.54 Å². The van der Waals surface area contributed by atoms with Gasteiger partial charge in [0.25, 0.3) is 0 Å². The van der Waals surface area contributed by atoms with Crippen molar-refractivity contribution < 1.29 is 9.53 Å². The topological polar surface area (TPSA) is 67.0 Å². The lowest BCUT2D eigenvalue weighted by molar-refractivity contribution is -0.153. The predicted octanol–water partition coefficient (Wildman–Crippen LogP) is 2.60. The van der Waals surface area contributed by atoms with E-state index in [1.165, 1.54) is 0 Å². The number of aromatic amines is 1. The van der Waals surface area contributed by atoms with Crippen LogP contribution in [0.4, 0.5) is 0 Å². The maximum absolute atomic E-state index is 12.4. The van der Waals surface area contributed by atoms with E-state index in [9.17, 15) is 4.79 Å². The summed E-state index contributed by atoms with van der Waals surface area (Å²) < 4.78 is 5.34. The highest BCUT2D eigenvalue weighted by atomic mass is 32.2. The van der Waals surface area contributed by atoms with E-state index in [1.807, 2.05) is 20.0 Å². The quantitative estimate of drug-likeness (QED) is 0.570. The Kier molecular flexibility index (Phi) is 6.11. The molecule has 0 radical (unpaired) electrons. The van der Waals surface area contributed by atoms with Crippen LogP contribution < -0.4 is 5.32 Å². The van der Waals surface area contributed by atoms with Crippen molar-refractivity contribution in [3.05, 3.63) is 12.4 Å². The van der Waals surface area contributed by atoms with Gasteiger partial charge in [0, 0.05) is 18.1 Å². The summed E-state index contributed by atoms with van der Waals surface area (Å²) in [5.74, 6) is 1.24. The molecule has 21 heavy (non-hydrogen) atoms. The number of thioether (sulfide) groups is 1. The van der Waals surface area contributed by atoms with E-state index >= 15 is 0 Å². The minimum atomic E-state index is -0.478. The average molecular weight is 311 g/mol. The van der Waals surface area contributed by atoms with E-state index in [-0.39, 0.29) is 5.97 Å². The first-order valence-corrected chi connectivity index (χ1v) is 8.76. The molecule has 118 valence electrons. The summed E-state index contributed by atoms with van der Waals surface area (Å²) in [4.78, 5) is 19.8. The summed E-state index contributed by atoms with van der Waals surface area (Å²) in [6, 6.07) is 0. The van der Waals surface area contributed by atoms with Crippen molar-refractivity contribution in [2.24, 2.45) is 5.92 Å². The summed E-state index contributed by atoms with van der Waals surface area (Å²) in [7, 11) is 0. The number of H-pyrrole nitrogens is 1. The molecule has 2 N–H and O–H groups in total. The lowest BCUT2D eigenvalue weighted by Gasteiger charge is -2.34. The highest BCUT2D eigenvalue weighted by molar-refractivity contribution is 7.99. The number of carbonyl (C=O) groups excluding carboxylic acids is 1. The van der Waals surface area contributed by atoms with Crippen molar-refractivity contribution in [2.45, 2.75) is 50.2 Å². The Labute approximate surface area is 130 Å². The van der Waals surface area contributed by atoms with Gasteiger partial charge < -0.3 is 15.0 Å². The largest absolute Gasteiger partial charge is 0.465 e. The molecule has 0 aromatic carbocycles. The van der Waals surface area contributed by atoms with E-state index in [2.05, 4.69) is 15.3 Å². The number of carbonyl (C=O) groups is 1. The van der Waals surface area contributed by atoms with E-state index in [0.717, 1.165) is 43.1 Å². The third-order valence-electron chi connectivity index (χ3n) is 4.13. The summed E-state index contributed by atoms with van der Waals surface area (Å²) >= 11 is 1.71. The molecule has 0 bridgehead atoms. The first-order chi connectivity index (χ1) is 10.2. The fourth-order valence-electron chi connectivity index (χ4n) is 3.25. The van der Waals surface area contributed by atoms with Crippen molar-refractivity contribution in [2.75, 3.05) is 18.9 Å². The number of ether oxygens (including phenoxy) is 1. The molecule has 0 saturated heterocycles. The van der Waals surface area contributed by atoms with E-state index in [1.54, 1.807) is 18.0 Å². The fourth-order valence-corrected chi connectivity index (χ4v) is 4.13. The van der Waals surface area contributed by atoms with E-state index in [4.69, 9.17) is 4.74 Å². The second-order valence-electron chi connectivity index (χ2n) is 5.34. The van der Waals surface area contributed by atoms with Crippen molar-refractivity contribution in [1.82, 2.24) is 15.3 Å². The standard InChI is InChI=1S/C15H25N3O2S/c1-3-18-15(13(19)20-4-2)8-5-6-12(15)7-11-21-14-16-9-10-17-14/h9-10,12,18H,3-8,11H2,1-2H3,(H,16,17). The van der Waals surface area contributed by atoms with Gasteiger partial charge >= 0.3 is 5.97 Å². The molecule has 1 saturated carbocycles. The molecule has 0 amide bonds. The van der Waals surface area contributed by atoms with Crippen LogP contribution in [-0.2, 0) is 9.53 Å². The lowest BCUT2D eigenvalue weighted by Crippen LogP contribution is -2.55. The molecular weight excluding hydrogens is 286 g/mol. The predicted molar refractivity (Wildman–Crippen MR) is 84.3 cm³/mol. The fraction of sp³-hybridized carbons (Fsp3) is 0.733. The van der Waals surface area contributed by atoms with E-state index in [0.29, 0.717) is 12.5 Å². The van der Waals surface area contributed by atoms with Gasteiger partial charge in [-0.2, -0.15) is 0 Å². The number of esters is 1. The summed E-state index contributed by atoms with van der Waals surface area (Å²) in [5, 5.41) is 4.37. The summed E-state index contributed by atoms with van der Waals surface area (Å²) in [6.07, 6.45) is 7.65. The molecule has 1 aliphatic carbocycles. The van der Waals surface area contributed by atoms with Crippen LogP contribution >= 0.6 is 11.8 Å². The normalized spacial score (nSPS) is 25.1. The molecular formula is C15H25N3O2S. The third-order valence-corrected chi connectivity index (χ3v) is 5.07. The molecule has 2 unspecified atom stereocenters. The molecule has 6 heteroatoms. The molecule has 1 fully saturated rings. The van der Waals surface area contributed by atoms with Crippen LogP contribution in [0, 0.1) is 5.92 Å². The number of hydrogen-bond acceptors (Lipinski definition) is 5. The highest BCUT2D eigenvalue weighted by Crippen LogP contribution is 2.40. The SMILES string of the molecule is CCNC1(C(=O)OCC)CCCC1CCSc1ncc[nH]1. The van der Waals surface area contributed by atoms with Crippen molar-refractivity contribution in [1.29, 1.82) is 0 Å². The zero-order valence-electron chi connectivity index (χ0n) is 12.9. The van der Waals surface area contributed by atoms with Gasteiger partial charge in [0.05, 0.1) is 6.61 Å². The summed E-state index contributed by atoms with van der Waals surface area (Å²) in [5.41, 5.74) is -0.478. The number of likely N-dealkylation sites (N-methyl/N-ethyl adjacent to an activating group) is 1. The van der Waals surface area contributed by atoms with Gasteiger partial charge in [0.2, 0.25) is 0 Å². The monoisotopic (exact) mass is 311 g/mol. The molecule has 5 nitrogen and oxygen atoms in total. The Hall–Kier alpha value is -1.01. The lowest BCUT2D eigenvalue weighted by atomic mass is 9.85. The van der Waals surface area contributed by atoms with Crippen LogP contribution in [0.3, 0.4) is 0 Å². The van der Waals surface area contributed by atoms with Crippen LogP contribution in [0.1, 0.15) is 39.5 Å². The minimum absolute atomic E-state index is 0.0719. The van der Waals surface area contributed by atoms with Gasteiger partial charge in [-0.1, -0.05) is 25.1 Å². The molecule has 0 aliphatic heterocycles. The van der Waals surface area contributed by atoms with Crippen LogP contribution in [-0.4, -0.2) is 40.4 Å². The van der Waals surface area contributed by atoms with Gasteiger partial charge in [-0.25, -0.2) is 4.98 Å². The second-order valence-corrected chi connectivity index (χ2v) is 6.43. The Morgan fingerprint density at radius 1 is 1.62 bits per heavy atom. The Bertz CT molecular complexity index is 438. The summed E-state index contributed by atoms with van der Waals surface area (Å²) in [6.45, 7) is 5.16. The van der Waals surface area contributed by atoms with Crippen LogP contribution in [0.2, 0.25) is 0 Å². The molecule has 1 aliphatic rings. The van der Waals surface area contributed by atoms with Crippen molar-refractivity contribution >= 4 is 17.7 Å². The minimum Gasteiger partial charge on any atom is -0.465 e. The van der Waals surface area contributed by atoms with Crippen molar-refractivity contribution in [3.8, 4) is 0 Å². The van der Waals surface area contributed by atoms with Gasteiger partial charge in [-0.05, 0) is 38.6 Å². The van der Waals surface area contributed by atoms with Crippen molar-refractivity contribution in [3.63, 3.8) is 0 Å². The molecule has 2 atom stereocenters. The van der Waals surface area contributed by atoms with Gasteiger partial charge in [0.15, 0.2) is 5.16 Å². The molecule has 2 rings (SSSR count). The molecule has 0 spiro atoms.